The first-order valence-electron chi connectivity index (χ1n) is 8.55. The summed E-state index contributed by atoms with van der Waals surface area (Å²) in [4.78, 5) is 6.02. The second-order valence-electron chi connectivity index (χ2n) is 5.44. The molecule has 1 aromatic carbocycles. The predicted octanol–water partition coefficient (Wildman–Crippen LogP) is 3.07. The average Bonchev–Trinajstić information content (AvgIpc) is 3.18. The van der Waals surface area contributed by atoms with Crippen LogP contribution in [0.5, 0.6) is 17.2 Å². The molecule has 2 N–H and O–H groups in total. The molecule has 0 saturated carbocycles. The van der Waals surface area contributed by atoms with Crippen LogP contribution < -0.4 is 24.8 Å². The highest BCUT2D eigenvalue weighted by molar-refractivity contribution is 7.09. The lowest BCUT2D eigenvalue weighted by atomic mass is 10.1. The number of hydrogen-bond donors (Lipinski definition) is 2. The van der Waals surface area contributed by atoms with E-state index in [1.165, 1.54) is 4.88 Å². The van der Waals surface area contributed by atoms with Crippen molar-refractivity contribution in [3.05, 3.63) is 40.1 Å². The molecule has 0 aliphatic carbocycles. The standard InChI is InChI=1S/C19H27N3O3S/c1-5-20-19(21-11-10-15-7-6-12-26-15)22-13-14-8-9-16(23-2)18(25-4)17(14)24-3/h6-9,12H,5,10-11,13H2,1-4H3,(H2,20,21,22). The van der Waals surface area contributed by atoms with Crippen molar-refractivity contribution in [1.82, 2.24) is 10.6 Å². The van der Waals surface area contributed by atoms with Crippen LogP contribution >= 0.6 is 11.3 Å². The van der Waals surface area contributed by atoms with Crippen LogP contribution in [0, 0.1) is 0 Å². The number of methoxy groups -OCH3 is 3. The highest BCUT2D eigenvalue weighted by Gasteiger charge is 2.15. The Morgan fingerprint density at radius 3 is 2.46 bits per heavy atom. The Morgan fingerprint density at radius 1 is 1.04 bits per heavy atom. The lowest BCUT2D eigenvalue weighted by Crippen LogP contribution is -2.38. The number of nitrogens with zero attached hydrogens (tertiary/aromatic N) is 1. The third-order valence-electron chi connectivity index (χ3n) is 3.78. The zero-order chi connectivity index (χ0) is 18.8. The van der Waals surface area contributed by atoms with Gasteiger partial charge in [0.15, 0.2) is 17.5 Å². The summed E-state index contributed by atoms with van der Waals surface area (Å²) in [5.74, 6) is 2.64. The molecule has 2 rings (SSSR count). The molecule has 2 aromatic rings. The third-order valence-corrected chi connectivity index (χ3v) is 4.72. The minimum absolute atomic E-state index is 0.470. The van der Waals surface area contributed by atoms with E-state index in [0.717, 1.165) is 31.0 Å². The van der Waals surface area contributed by atoms with E-state index in [1.54, 1.807) is 32.7 Å². The van der Waals surface area contributed by atoms with Crippen LogP contribution in [0.4, 0.5) is 0 Å². The first kappa shape index (κ1) is 19.9. The molecule has 0 amide bonds. The van der Waals surface area contributed by atoms with Gasteiger partial charge >= 0.3 is 0 Å². The Bertz CT molecular complexity index is 702. The highest BCUT2D eigenvalue weighted by atomic mass is 32.1. The summed E-state index contributed by atoms with van der Waals surface area (Å²) in [6.45, 7) is 4.15. The Balaban J connectivity index is 2.07. The topological polar surface area (TPSA) is 64.1 Å². The zero-order valence-electron chi connectivity index (χ0n) is 15.8. The molecule has 7 heteroatoms. The lowest BCUT2D eigenvalue weighted by molar-refractivity contribution is 0.322. The molecule has 0 saturated heterocycles. The fraction of sp³-hybridized carbons (Fsp3) is 0.421. The molecule has 1 aromatic heterocycles. The molecule has 26 heavy (non-hydrogen) atoms. The summed E-state index contributed by atoms with van der Waals surface area (Å²) >= 11 is 1.77. The maximum atomic E-state index is 5.52. The van der Waals surface area contributed by atoms with Gasteiger partial charge < -0.3 is 24.8 Å². The molecule has 0 spiro atoms. The molecule has 1 heterocycles. The summed E-state index contributed by atoms with van der Waals surface area (Å²) in [6, 6.07) is 8.02. The van der Waals surface area contributed by atoms with E-state index in [4.69, 9.17) is 14.2 Å². The van der Waals surface area contributed by atoms with Gasteiger partial charge in [-0.2, -0.15) is 0 Å². The van der Waals surface area contributed by atoms with Gasteiger partial charge in [0.2, 0.25) is 5.75 Å². The Hall–Kier alpha value is -2.41. The van der Waals surface area contributed by atoms with Gasteiger partial charge in [0.25, 0.3) is 0 Å². The van der Waals surface area contributed by atoms with E-state index in [0.29, 0.717) is 23.8 Å². The third kappa shape index (κ3) is 5.29. The van der Waals surface area contributed by atoms with E-state index in [9.17, 15) is 0 Å². The highest BCUT2D eigenvalue weighted by Crippen LogP contribution is 2.39. The fourth-order valence-corrected chi connectivity index (χ4v) is 3.26. The summed E-state index contributed by atoms with van der Waals surface area (Å²) in [5, 5.41) is 8.73. The predicted molar refractivity (Wildman–Crippen MR) is 107 cm³/mol. The average molecular weight is 378 g/mol. The van der Waals surface area contributed by atoms with Gasteiger partial charge in [-0.05, 0) is 36.9 Å². The maximum absolute atomic E-state index is 5.52. The van der Waals surface area contributed by atoms with Gasteiger partial charge in [0, 0.05) is 23.5 Å². The number of aliphatic imine (C=N–C) groups is 1. The van der Waals surface area contributed by atoms with Gasteiger partial charge in [-0.25, -0.2) is 4.99 Å². The monoisotopic (exact) mass is 377 g/mol. The van der Waals surface area contributed by atoms with Crippen LogP contribution in [-0.2, 0) is 13.0 Å². The fourth-order valence-electron chi connectivity index (χ4n) is 2.55. The minimum atomic E-state index is 0.470. The number of hydrogen-bond acceptors (Lipinski definition) is 5. The molecule has 0 fully saturated rings. The first-order chi connectivity index (χ1) is 12.7. The van der Waals surface area contributed by atoms with E-state index < -0.39 is 0 Å². The normalized spacial score (nSPS) is 11.2. The van der Waals surface area contributed by atoms with Crippen molar-refractivity contribution in [2.24, 2.45) is 4.99 Å². The molecule has 6 nitrogen and oxygen atoms in total. The molecule has 0 atom stereocenters. The van der Waals surface area contributed by atoms with Crippen LogP contribution in [0.25, 0.3) is 0 Å². The molecule has 0 unspecified atom stereocenters. The van der Waals surface area contributed by atoms with Gasteiger partial charge in [-0.1, -0.05) is 6.07 Å². The largest absolute Gasteiger partial charge is 0.493 e. The van der Waals surface area contributed by atoms with Gasteiger partial charge in [0.05, 0.1) is 27.9 Å². The molecule has 0 aliphatic heterocycles. The van der Waals surface area contributed by atoms with E-state index >= 15 is 0 Å². The Labute approximate surface area is 159 Å². The molecular weight excluding hydrogens is 350 g/mol. The molecule has 142 valence electrons. The van der Waals surface area contributed by atoms with Crippen molar-refractivity contribution in [2.75, 3.05) is 34.4 Å². The maximum Gasteiger partial charge on any atom is 0.203 e. The van der Waals surface area contributed by atoms with Crippen LogP contribution in [0.1, 0.15) is 17.4 Å². The number of thiophene rings is 1. The summed E-state index contributed by atoms with van der Waals surface area (Å²) in [6.07, 6.45) is 0.974. The van der Waals surface area contributed by atoms with E-state index in [-0.39, 0.29) is 0 Å². The van der Waals surface area contributed by atoms with E-state index in [1.807, 2.05) is 19.1 Å². The lowest BCUT2D eigenvalue weighted by Gasteiger charge is -2.15. The second-order valence-corrected chi connectivity index (χ2v) is 6.48. The Morgan fingerprint density at radius 2 is 1.85 bits per heavy atom. The van der Waals surface area contributed by atoms with Crippen molar-refractivity contribution in [3.8, 4) is 17.2 Å². The summed E-state index contributed by atoms with van der Waals surface area (Å²) in [7, 11) is 4.83. The Kier molecular flexibility index (Phi) is 8.08. The van der Waals surface area contributed by atoms with Gasteiger partial charge in [-0.15, -0.1) is 11.3 Å². The molecular formula is C19H27N3O3S. The van der Waals surface area contributed by atoms with Crippen molar-refractivity contribution >= 4 is 17.3 Å². The van der Waals surface area contributed by atoms with Crippen LogP contribution in [-0.4, -0.2) is 40.4 Å². The minimum Gasteiger partial charge on any atom is -0.493 e. The smallest absolute Gasteiger partial charge is 0.203 e. The van der Waals surface area contributed by atoms with Crippen molar-refractivity contribution in [1.29, 1.82) is 0 Å². The van der Waals surface area contributed by atoms with E-state index in [2.05, 4.69) is 33.1 Å². The quantitative estimate of drug-likeness (QED) is 0.519. The SMILES string of the molecule is CCNC(=NCc1ccc(OC)c(OC)c1OC)NCCc1cccs1. The van der Waals surface area contributed by atoms with Crippen molar-refractivity contribution in [3.63, 3.8) is 0 Å². The van der Waals surface area contributed by atoms with Crippen molar-refractivity contribution in [2.45, 2.75) is 19.9 Å². The summed E-state index contributed by atoms with van der Waals surface area (Å²) < 4.78 is 16.3. The molecule has 0 radical (unpaired) electrons. The summed E-state index contributed by atoms with van der Waals surface area (Å²) in [5.41, 5.74) is 0.931. The van der Waals surface area contributed by atoms with Crippen LogP contribution in [0.2, 0.25) is 0 Å². The van der Waals surface area contributed by atoms with Crippen molar-refractivity contribution < 1.29 is 14.2 Å². The number of benzene rings is 1. The first-order valence-corrected chi connectivity index (χ1v) is 9.43. The molecule has 0 aliphatic rings. The zero-order valence-corrected chi connectivity index (χ0v) is 16.6. The van der Waals surface area contributed by atoms with Gasteiger partial charge in [0.1, 0.15) is 0 Å². The number of ether oxygens (including phenoxy) is 3. The van der Waals surface area contributed by atoms with Crippen LogP contribution in [0.15, 0.2) is 34.6 Å². The number of nitrogens with one attached hydrogen (secondary N) is 2. The number of rotatable bonds is 9. The second kappa shape index (κ2) is 10.6. The van der Waals surface area contributed by atoms with Crippen LogP contribution in [0.3, 0.4) is 0 Å². The number of guanidine groups is 1. The van der Waals surface area contributed by atoms with Gasteiger partial charge in [-0.3, -0.25) is 0 Å². The molecule has 0 bridgehead atoms.